The van der Waals surface area contributed by atoms with E-state index in [2.05, 4.69) is 89.4 Å². The molecule has 6 nitrogen and oxygen atoms in total. The van der Waals surface area contributed by atoms with Crippen molar-refractivity contribution >= 4 is 17.4 Å². The van der Waals surface area contributed by atoms with Crippen LogP contribution < -0.4 is 15.1 Å². The third kappa shape index (κ3) is 5.74. The van der Waals surface area contributed by atoms with Gasteiger partial charge in [-0.15, -0.1) is 0 Å². The van der Waals surface area contributed by atoms with Crippen LogP contribution in [-0.4, -0.2) is 42.1 Å². The van der Waals surface area contributed by atoms with E-state index in [1.54, 1.807) is 0 Å². The molecule has 0 aliphatic carbocycles. The number of nitrogens with zero attached hydrogens (tertiary/aromatic N) is 4. The van der Waals surface area contributed by atoms with Gasteiger partial charge in [-0.25, -0.2) is 9.97 Å². The molecule has 1 aliphatic rings. The highest BCUT2D eigenvalue weighted by Gasteiger charge is 2.26. The largest absolute Gasteiger partial charge is 0.372 e. The van der Waals surface area contributed by atoms with Crippen molar-refractivity contribution in [3.8, 4) is 11.4 Å². The van der Waals surface area contributed by atoms with E-state index in [1.165, 1.54) is 11.3 Å². The molecular formula is C28H35N5O. The maximum Gasteiger partial charge on any atom is 0.225 e. The van der Waals surface area contributed by atoms with Gasteiger partial charge >= 0.3 is 0 Å². The van der Waals surface area contributed by atoms with Crippen LogP contribution in [-0.2, 0) is 11.3 Å². The lowest BCUT2D eigenvalue weighted by Gasteiger charge is -2.33. The number of amides is 1. The third-order valence-electron chi connectivity index (χ3n) is 6.60. The van der Waals surface area contributed by atoms with Gasteiger partial charge in [0.15, 0.2) is 5.82 Å². The minimum Gasteiger partial charge on any atom is -0.372 e. The summed E-state index contributed by atoms with van der Waals surface area (Å²) in [5.74, 6) is 1.68. The Morgan fingerprint density at radius 1 is 1.06 bits per heavy atom. The van der Waals surface area contributed by atoms with Crippen LogP contribution in [0.2, 0.25) is 0 Å². The summed E-state index contributed by atoms with van der Waals surface area (Å²) >= 11 is 0. The van der Waals surface area contributed by atoms with Gasteiger partial charge in [0.25, 0.3) is 0 Å². The quantitative estimate of drug-likeness (QED) is 0.525. The van der Waals surface area contributed by atoms with Crippen LogP contribution in [0, 0.1) is 12.8 Å². The Morgan fingerprint density at radius 3 is 2.50 bits per heavy atom. The maximum atomic E-state index is 13.0. The van der Waals surface area contributed by atoms with Crippen LogP contribution in [0.1, 0.15) is 37.8 Å². The van der Waals surface area contributed by atoms with E-state index in [-0.39, 0.29) is 11.8 Å². The average molecular weight is 458 g/mol. The second-order valence-corrected chi connectivity index (χ2v) is 8.95. The second kappa shape index (κ2) is 11.1. The summed E-state index contributed by atoms with van der Waals surface area (Å²) in [5, 5.41) is 3.15. The highest BCUT2D eigenvalue weighted by atomic mass is 16.1. The van der Waals surface area contributed by atoms with E-state index in [4.69, 9.17) is 4.98 Å². The summed E-state index contributed by atoms with van der Waals surface area (Å²) < 4.78 is 0. The zero-order chi connectivity index (χ0) is 23.9. The number of aromatic nitrogens is 2. The molecule has 34 heavy (non-hydrogen) atoms. The molecule has 0 radical (unpaired) electrons. The van der Waals surface area contributed by atoms with Gasteiger partial charge in [-0.3, -0.25) is 4.79 Å². The first-order chi connectivity index (χ1) is 16.6. The number of aryl methyl sites for hydroxylation is 1. The van der Waals surface area contributed by atoms with Crippen molar-refractivity contribution in [3.63, 3.8) is 0 Å². The van der Waals surface area contributed by atoms with Crippen molar-refractivity contribution < 1.29 is 4.79 Å². The molecule has 3 aromatic rings. The Kier molecular flexibility index (Phi) is 7.78. The Morgan fingerprint density at radius 2 is 1.79 bits per heavy atom. The molecule has 2 aromatic carbocycles. The van der Waals surface area contributed by atoms with E-state index < -0.39 is 0 Å². The molecule has 1 amide bonds. The number of hydrogen-bond acceptors (Lipinski definition) is 5. The van der Waals surface area contributed by atoms with E-state index in [0.29, 0.717) is 13.1 Å². The van der Waals surface area contributed by atoms with Gasteiger partial charge in [0, 0.05) is 50.2 Å². The summed E-state index contributed by atoms with van der Waals surface area (Å²) in [4.78, 5) is 26.7. The van der Waals surface area contributed by atoms with Crippen LogP contribution in [0.25, 0.3) is 11.4 Å². The normalized spacial score (nSPS) is 15.7. The monoisotopic (exact) mass is 457 g/mol. The zero-order valence-electron chi connectivity index (χ0n) is 20.5. The fourth-order valence-corrected chi connectivity index (χ4v) is 4.51. The lowest BCUT2D eigenvalue weighted by Crippen LogP contribution is -2.43. The molecule has 1 N–H and O–H groups in total. The van der Waals surface area contributed by atoms with E-state index in [1.807, 2.05) is 12.3 Å². The van der Waals surface area contributed by atoms with Gasteiger partial charge in [0.1, 0.15) is 5.82 Å². The summed E-state index contributed by atoms with van der Waals surface area (Å²) in [6.07, 6.45) is 3.68. The number of hydrogen-bond donors (Lipinski definition) is 1. The lowest BCUT2D eigenvalue weighted by atomic mass is 9.97. The SMILES string of the molecule is CCN(CC)c1ccc(CNC(=O)[C@H]2CCCN(c3ccnc(-c4ccc(C)cc4)n3)C2)cc1. The molecule has 1 aliphatic heterocycles. The van der Waals surface area contributed by atoms with Crippen LogP contribution in [0.5, 0.6) is 0 Å². The smallest absolute Gasteiger partial charge is 0.225 e. The van der Waals surface area contributed by atoms with Gasteiger partial charge in [-0.1, -0.05) is 42.0 Å². The highest BCUT2D eigenvalue weighted by molar-refractivity contribution is 5.79. The number of carbonyl (C=O) groups excluding carboxylic acids is 1. The van der Waals surface area contributed by atoms with Crippen molar-refractivity contribution in [2.75, 3.05) is 36.0 Å². The number of anilines is 2. The van der Waals surface area contributed by atoms with Crippen molar-refractivity contribution in [3.05, 3.63) is 71.9 Å². The second-order valence-electron chi connectivity index (χ2n) is 8.95. The minimum atomic E-state index is -0.0403. The zero-order valence-corrected chi connectivity index (χ0v) is 20.5. The lowest BCUT2D eigenvalue weighted by molar-refractivity contribution is -0.125. The van der Waals surface area contributed by atoms with Crippen molar-refractivity contribution in [1.82, 2.24) is 15.3 Å². The van der Waals surface area contributed by atoms with E-state index in [9.17, 15) is 4.79 Å². The Labute approximate surface area is 203 Å². The number of rotatable bonds is 8. The number of nitrogens with one attached hydrogen (secondary N) is 1. The Bertz CT molecular complexity index is 1080. The molecular weight excluding hydrogens is 422 g/mol. The molecule has 2 heterocycles. The van der Waals surface area contributed by atoms with E-state index in [0.717, 1.165) is 55.2 Å². The number of carbonyl (C=O) groups is 1. The molecule has 1 saturated heterocycles. The van der Waals surface area contributed by atoms with Crippen molar-refractivity contribution in [2.24, 2.45) is 5.92 Å². The molecule has 0 saturated carbocycles. The summed E-state index contributed by atoms with van der Waals surface area (Å²) in [5.41, 5.74) is 4.56. The molecule has 1 fully saturated rings. The van der Waals surface area contributed by atoms with Crippen LogP contribution >= 0.6 is 0 Å². The third-order valence-corrected chi connectivity index (χ3v) is 6.60. The maximum absolute atomic E-state index is 13.0. The first-order valence-electron chi connectivity index (χ1n) is 12.3. The van der Waals surface area contributed by atoms with Crippen molar-refractivity contribution in [1.29, 1.82) is 0 Å². The number of benzene rings is 2. The number of piperidine rings is 1. The highest BCUT2D eigenvalue weighted by Crippen LogP contribution is 2.24. The predicted molar refractivity (Wildman–Crippen MR) is 139 cm³/mol. The van der Waals surface area contributed by atoms with Gasteiger partial charge < -0.3 is 15.1 Å². The predicted octanol–water partition coefficient (Wildman–Crippen LogP) is 4.83. The van der Waals surface area contributed by atoms with Crippen LogP contribution in [0.4, 0.5) is 11.5 Å². The topological polar surface area (TPSA) is 61.4 Å². The molecule has 0 bridgehead atoms. The van der Waals surface area contributed by atoms with E-state index >= 15 is 0 Å². The molecule has 1 aromatic heterocycles. The van der Waals surface area contributed by atoms with Crippen molar-refractivity contribution in [2.45, 2.75) is 40.2 Å². The van der Waals surface area contributed by atoms with Gasteiger partial charge in [0.2, 0.25) is 5.91 Å². The fraction of sp³-hybridized carbons (Fsp3) is 0.393. The Balaban J connectivity index is 1.36. The van der Waals surface area contributed by atoms with Gasteiger partial charge in [-0.05, 0) is 57.4 Å². The summed E-state index contributed by atoms with van der Waals surface area (Å²) in [6.45, 7) is 10.5. The minimum absolute atomic E-state index is 0.0403. The summed E-state index contributed by atoms with van der Waals surface area (Å²) in [6, 6.07) is 18.7. The van der Waals surface area contributed by atoms with Crippen LogP contribution in [0.15, 0.2) is 60.8 Å². The van der Waals surface area contributed by atoms with Gasteiger partial charge in [0.05, 0.1) is 5.92 Å². The standard InChI is InChI=1S/C28H35N5O/c1-4-32(5-2)25-14-10-22(11-15-25)19-30-28(34)24-7-6-18-33(20-24)26-16-17-29-27(31-26)23-12-8-21(3)9-13-23/h8-17,24H,4-7,18-20H2,1-3H3,(H,30,34)/t24-/m0/s1. The molecule has 178 valence electrons. The van der Waals surface area contributed by atoms with Crippen LogP contribution in [0.3, 0.4) is 0 Å². The first kappa shape index (κ1) is 23.7. The molecule has 4 rings (SSSR count). The Hall–Kier alpha value is -3.41. The fourth-order valence-electron chi connectivity index (χ4n) is 4.51. The molecule has 1 atom stereocenters. The molecule has 6 heteroatoms. The van der Waals surface area contributed by atoms with Gasteiger partial charge in [-0.2, -0.15) is 0 Å². The average Bonchev–Trinajstić information content (AvgIpc) is 2.89. The first-order valence-corrected chi connectivity index (χ1v) is 12.3. The summed E-state index contributed by atoms with van der Waals surface area (Å²) in [7, 11) is 0. The molecule has 0 spiro atoms. The molecule has 0 unspecified atom stereocenters.